The fourth-order valence-corrected chi connectivity index (χ4v) is 4.33. The number of hydrogen-bond acceptors (Lipinski definition) is 4. The summed E-state index contributed by atoms with van der Waals surface area (Å²) in [7, 11) is 0. The Morgan fingerprint density at radius 3 is 2.42 bits per heavy atom. The Labute approximate surface area is 165 Å². The van der Waals surface area contributed by atoms with Crippen molar-refractivity contribution in [2.45, 2.75) is 44.2 Å². The Hall–Kier alpha value is -0.180. The Morgan fingerprint density at radius 1 is 1.17 bits per heavy atom. The summed E-state index contributed by atoms with van der Waals surface area (Å²) < 4.78 is 0. The highest BCUT2D eigenvalue weighted by molar-refractivity contribution is 8.93. The summed E-state index contributed by atoms with van der Waals surface area (Å²) >= 11 is 0. The van der Waals surface area contributed by atoms with E-state index < -0.39 is 5.54 Å². The third-order valence-corrected chi connectivity index (χ3v) is 5.74. The lowest BCUT2D eigenvalue weighted by molar-refractivity contribution is -0.132. The van der Waals surface area contributed by atoms with Gasteiger partial charge in [0.15, 0.2) is 0 Å². The molecule has 3 aliphatic rings. The normalized spacial score (nSPS) is 30.4. The summed E-state index contributed by atoms with van der Waals surface area (Å²) in [6.07, 6.45) is 6.10. The van der Waals surface area contributed by atoms with Gasteiger partial charge in [-0.05, 0) is 32.1 Å². The molecule has 3 heterocycles. The lowest BCUT2D eigenvalue weighted by atomic mass is 9.87. The van der Waals surface area contributed by atoms with E-state index in [1.54, 1.807) is 6.92 Å². The van der Waals surface area contributed by atoms with Crippen LogP contribution in [-0.4, -0.2) is 77.4 Å². The number of carbonyl (C=O) groups is 2. The molecular formula is C16H29Br2N4O2. The molecule has 2 amide bonds. The SMILES string of the molecule is Br.Br.CC(=O)N1CCN(CCN2[C@@H]3C[CH]C[C@@]2(C(N)=O)CC3)CC1. The number of amides is 2. The smallest absolute Gasteiger partial charge is 0.237 e. The maximum absolute atomic E-state index is 12.0. The Morgan fingerprint density at radius 2 is 1.83 bits per heavy atom. The number of fused-ring (bicyclic) bond motifs is 2. The highest BCUT2D eigenvalue weighted by Crippen LogP contribution is 2.43. The minimum absolute atomic E-state index is 0. The van der Waals surface area contributed by atoms with Crippen molar-refractivity contribution in [3.8, 4) is 0 Å². The highest BCUT2D eigenvalue weighted by Gasteiger charge is 2.52. The van der Waals surface area contributed by atoms with Crippen molar-refractivity contribution in [3.63, 3.8) is 0 Å². The number of rotatable bonds is 4. The summed E-state index contributed by atoms with van der Waals surface area (Å²) in [6, 6.07) is 0.486. The van der Waals surface area contributed by atoms with Gasteiger partial charge in [0.1, 0.15) is 5.54 Å². The molecule has 3 aliphatic heterocycles. The number of primary amides is 1. The van der Waals surface area contributed by atoms with Gasteiger partial charge in [-0.3, -0.25) is 19.4 Å². The first-order valence-electron chi connectivity index (χ1n) is 8.39. The van der Waals surface area contributed by atoms with E-state index in [0.29, 0.717) is 6.04 Å². The summed E-state index contributed by atoms with van der Waals surface area (Å²) in [5.74, 6) is 0.00397. The number of hydrogen-bond donors (Lipinski definition) is 1. The monoisotopic (exact) mass is 467 g/mol. The minimum atomic E-state index is -0.426. The van der Waals surface area contributed by atoms with Gasteiger partial charge < -0.3 is 10.6 Å². The van der Waals surface area contributed by atoms with Crippen molar-refractivity contribution in [2.24, 2.45) is 5.73 Å². The van der Waals surface area contributed by atoms with Crippen molar-refractivity contribution in [2.75, 3.05) is 39.3 Å². The molecule has 6 nitrogen and oxygen atoms in total. The quantitative estimate of drug-likeness (QED) is 0.667. The molecule has 3 saturated heterocycles. The zero-order chi connectivity index (χ0) is 15.7. The molecule has 1 radical (unpaired) electrons. The molecule has 2 bridgehead atoms. The molecule has 139 valence electrons. The summed E-state index contributed by atoms with van der Waals surface area (Å²) in [6.45, 7) is 6.97. The predicted octanol–water partition coefficient (Wildman–Crippen LogP) is 0.993. The highest BCUT2D eigenvalue weighted by atomic mass is 79.9. The average Bonchev–Trinajstić information content (AvgIpc) is 2.71. The van der Waals surface area contributed by atoms with Gasteiger partial charge in [0, 0.05) is 52.2 Å². The number of piperidine rings is 1. The van der Waals surface area contributed by atoms with E-state index in [9.17, 15) is 9.59 Å². The van der Waals surface area contributed by atoms with Crippen LogP contribution in [0.4, 0.5) is 0 Å². The molecule has 3 rings (SSSR count). The van der Waals surface area contributed by atoms with Gasteiger partial charge in [-0.15, -0.1) is 34.0 Å². The molecule has 2 atom stereocenters. The van der Waals surface area contributed by atoms with Crippen LogP contribution in [0.25, 0.3) is 0 Å². The molecule has 0 aromatic rings. The fraction of sp³-hybridized carbons (Fsp3) is 0.812. The number of carbonyl (C=O) groups excluding carboxylic acids is 2. The fourth-order valence-electron chi connectivity index (χ4n) is 4.33. The van der Waals surface area contributed by atoms with E-state index in [-0.39, 0.29) is 45.8 Å². The first-order valence-corrected chi connectivity index (χ1v) is 8.39. The third-order valence-electron chi connectivity index (χ3n) is 5.74. The van der Waals surface area contributed by atoms with Gasteiger partial charge in [-0.25, -0.2) is 0 Å². The number of nitrogens with two attached hydrogens (primary N) is 1. The van der Waals surface area contributed by atoms with Crippen LogP contribution in [0.2, 0.25) is 0 Å². The van der Waals surface area contributed by atoms with Crippen LogP contribution < -0.4 is 5.73 Å². The van der Waals surface area contributed by atoms with E-state index in [2.05, 4.69) is 16.2 Å². The summed E-state index contributed by atoms with van der Waals surface area (Å²) in [5.41, 5.74) is 5.31. The van der Waals surface area contributed by atoms with Crippen molar-refractivity contribution < 1.29 is 9.59 Å². The molecule has 0 unspecified atom stereocenters. The second-order valence-electron chi connectivity index (χ2n) is 6.86. The second-order valence-corrected chi connectivity index (χ2v) is 6.86. The van der Waals surface area contributed by atoms with Gasteiger partial charge in [-0.2, -0.15) is 0 Å². The first-order chi connectivity index (χ1) is 10.5. The Bertz CT molecular complexity index is 453. The van der Waals surface area contributed by atoms with E-state index in [1.165, 1.54) is 0 Å². The van der Waals surface area contributed by atoms with Crippen LogP contribution >= 0.6 is 34.0 Å². The lowest BCUT2D eigenvalue weighted by Gasteiger charge is -2.44. The first kappa shape index (κ1) is 21.9. The van der Waals surface area contributed by atoms with Crippen LogP contribution in [-0.2, 0) is 9.59 Å². The molecule has 0 aromatic carbocycles. The topological polar surface area (TPSA) is 69.9 Å². The van der Waals surface area contributed by atoms with Crippen LogP contribution in [0, 0.1) is 6.42 Å². The van der Waals surface area contributed by atoms with Gasteiger partial charge in [-0.1, -0.05) is 0 Å². The third kappa shape index (κ3) is 4.14. The zero-order valence-corrected chi connectivity index (χ0v) is 17.7. The Balaban J connectivity index is 0.00000144. The van der Waals surface area contributed by atoms with E-state index >= 15 is 0 Å². The van der Waals surface area contributed by atoms with Crippen molar-refractivity contribution >= 4 is 45.8 Å². The van der Waals surface area contributed by atoms with Crippen molar-refractivity contribution in [1.29, 1.82) is 0 Å². The molecule has 0 aliphatic carbocycles. The minimum Gasteiger partial charge on any atom is -0.368 e. The maximum atomic E-state index is 12.0. The molecular weight excluding hydrogens is 440 g/mol. The van der Waals surface area contributed by atoms with Crippen LogP contribution in [0.1, 0.15) is 32.6 Å². The van der Waals surface area contributed by atoms with Crippen molar-refractivity contribution in [1.82, 2.24) is 14.7 Å². The van der Waals surface area contributed by atoms with Gasteiger partial charge in [0.25, 0.3) is 0 Å². The van der Waals surface area contributed by atoms with E-state index in [1.807, 2.05) is 4.90 Å². The van der Waals surface area contributed by atoms with Crippen molar-refractivity contribution in [3.05, 3.63) is 6.42 Å². The van der Waals surface area contributed by atoms with Gasteiger partial charge >= 0.3 is 0 Å². The molecule has 0 aromatic heterocycles. The van der Waals surface area contributed by atoms with E-state index in [4.69, 9.17) is 5.73 Å². The van der Waals surface area contributed by atoms with E-state index in [0.717, 1.165) is 65.0 Å². The summed E-state index contributed by atoms with van der Waals surface area (Å²) in [4.78, 5) is 30.0. The van der Waals surface area contributed by atoms with Gasteiger partial charge in [0.2, 0.25) is 11.8 Å². The molecule has 0 spiro atoms. The van der Waals surface area contributed by atoms with Gasteiger partial charge in [0.05, 0.1) is 0 Å². The van der Waals surface area contributed by atoms with Crippen LogP contribution in [0.3, 0.4) is 0 Å². The molecule has 24 heavy (non-hydrogen) atoms. The number of nitrogens with zero attached hydrogens (tertiary/aromatic N) is 3. The zero-order valence-electron chi connectivity index (χ0n) is 14.3. The molecule has 8 heteroatoms. The largest absolute Gasteiger partial charge is 0.368 e. The number of halogens is 2. The molecule has 0 saturated carbocycles. The van der Waals surface area contributed by atoms with Crippen LogP contribution in [0.15, 0.2) is 0 Å². The average molecular weight is 469 g/mol. The maximum Gasteiger partial charge on any atom is 0.237 e. The second kappa shape index (κ2) is 8.96. The predicted molar refractivity (Wildman–Crippen MR) is 105 cm³/mol. The standard InChI is InChI=1S/C16H27N4O2.2BrH/c1-13(21)19-10-7-18(8-11-19)9-12-20-14-3-2-5-16(20,6-4-14)15(17)22;;/h2,14H,3-12H2,1H3,(H2,17,22);2*1H/t14-,16+;;/m1../s1. The molecule has 3 fully saturated rings. The Kier molecular flexibility index (Phi) is 8.16. The number of piperazine rings is 1. The van der Waals surface area contributed by atoms with Crippen LogP contribution in [0.5, 0.6) is 0 Å². The lowest BCUT2D eigenvalue weighted by Crippen LogP contribution is -2.60. The summed E-state index contributed by atoms with van der Waals surface area (Å²) in [5, 5.41) is 0. The molecule has 2 N–H and O–H groups in total.